The Balaban J connectivity index is 1.44. The molecule has 0 spiro atoms. The second-order valence-electron chi connectivity index (χ2n) is 10.00. The summed E-state index contributed by atoms with van der Waals surface area (Å²) in [7, 11) is -3.62. The van der Waals surface area contributed by atoms with Crippen LogP contribution >= 0.6 is 0 Å². The average Bonchev–Trinajstić information content (AvgIpc) is 2.83. The molecule has 1 unspecified atom stereocenters. The Morgan fingerprint density at radius 1 is 0.944 bits per heavy atom. The van der Waals surface area contributed by atoms with Gasteiger partial charge in [0.05, 0.1) is 11.5 Å². The van der Waals surface area contributed by atoms with Gasteiger partial charge in [-0.05, 0) is 79.3 Å². The largest absolute Gasteiger partial charge is 0.395 e. The predicted molar refractivity (Wildman–Crippen MR) is 140 cm³/mol. The molecule has 7 heteroatoms. The van der Waals surface area contributed by atoms with Crippen molar-refractivity contribution in [3.05, 3.63) is 89.2 Å². The van der Waals surface area contributed by atoms with Gasteiger partial charge in [0.15, 0.2) is 0 Å². The zero-order valence-corrected chi connectivity index (χ0v) is 21.6. The number of aliphatic hydroxyl groups excluding tert-OH is 1. The molecule has 190 valence electrons. The van der Waals surface area contributed by atoms with Crippen molar-refractivity contribution in [3.63, 3.8) is 0 Å². The zero-order valence-electron chi connectivity index (χ0n) is 20.8. The summed E-state index contributed by atoms with van der Waals surface area (Å²) in [5.41, 5.74) is 4.71. The molecular formula is C29H33FN2O3S. The third-order valence-electron chi connectivity index (χ3n) is 7.84. The van der Waals surface area contributed by atoms with Crippen molar-refractivity contribution in [3.8, 4) is 11.1 Å². The Hall–Kier alpha value is -2.58. The van der Waals surface area contributed by atoms with Gasteiger partial charge in [0.2, 0.25) is 10.0 Å². The Kier molecular flexibility index (Phi) is 7.01. The second-order valence-corrected chi connectivity index (χ2v) is 11.9. The van der Waals surface area contributed by atoms with Gasteiger partial charge < -0.3 is 5.11 Å². The molecule has 0 saturated carbocycles. The topological polar surface area (TPSA) is 60.9 Å². The maximum absolute atomic E-state index is 13.6. The number of benzene rings is 3. The van der Waals surface area contributed by atoms with Crippen LogP contribution in [-0.2, 0) is 10.0 Å². The number of aliphatic hydroxyl groups is 1. The number of sulfonamides is 1. The van der Waals surface area contributed by atoms with Crippen molar-refractivity contribution in [2.45, 2.75) is 49.6 Å². The van der Waals surface area contributed by atoms with E-state index in [4.69, 9.17) is 0 Å². The molecule has 0 aliphatic carbocycles. The van der Waals surface area contributed by atoms with Crippen molar-refractivity contribution >= 4 is 10.0 Å². The van der Waals surface area contributed by atoms with Gasteiger partial charge in [-0.2, -0.15) is 4.31 Å². The van der Waals surface area contributed by atoms with Gasteiger partial charge in [0.1, 0.15) is 5.82 Å². The molecule has 3 aromatic carbocycles. The van der Waals surface area contributed by atoms with E-state index in [1.165, 1.54) is 12.1 Å². The van der Waals surface area contributed by atoms with Crippen LogP contribution in [0.5, 0.6) is 0 Å². The zero-order chi connectivity index (χ0) is 25.4. The molecule has 0 bridgehead atoms. The van der Waals surface area contributed by atoms with Crippen molar-refractivity contribution < 1.29 is 17.9 Å². The van der Waals surface area contributed by atoms with E-state index < -0.39 is 10.0 Å². The van der Waals surface area contributed by atoms with Crippen LogP contribution in [0.15, 0.2) is 71.6 Å². The van der Waals surface area contributed by atoms with Crippen molar-refractivity contribution in [1.82, 2.24) is 9.21 Å². The molecule has 5 rings (SSSR count). The average molecular weight is 509 g/mol. The van der Waals surface area contributed by atoms with Gasteiger partial charge in [0.25, 0.3) is 0 Å². The van der Waals surface area contributed by atoms with Gasteiger partial charge in [0, 0.05) is 31.1 Å². The van der Waals surface area contributed by atoms with E-state index in [0.29, 0.717) is 18.0 Å². The van der Waals surface area contributed by atoms with Crippen LogP contribution in [0.1, 0.15) is 35.4 Å². The molecular weight excluding hydrogens is 475 g/mol. The minimum Gasteiger partial charge on any atom is -0.395 e. The third-order valence-corrected chi connectivity index (χ3v) is 9.86. The number of rotatable bonds is 5. The molecule has 2 fully saturated rings. The number of fused-ring (bicyclic) bond motifs is 1. The summed E-state index contributed by atoms with van der Waals surface area (Å²) in [6, 6.07) is 20.1. The van der Waals surface area contributed by atoms with E-state index in [-0.39, 0.29) is 30.4 Å². The summed E-state index contributed by atoms with van der Waals surface area (Å²) < 4.78 is 42.5. The van der Waals surface area contributed by atoms with Gasteiger partial charge in [-0.3, -0.25) is 4.90 Å². The van der Waals surface area contributed by atoms with E-state index in [1.54, 1.807) is 22.5 Å². The van der Waals surface area contributed by atoms with E-state index >= 15 is 0 Å². The lowest BCUT2D eigenvalue weighted by Gasteiger charge is -2.57. The van der Waals surface area contributed by atoms with Gasteiger partial charge in [-0.15, -0.1) is 0 Å². The minimum atomic E-state index is -3.62. The molecule has 3 aromatic rings. The smallest absolute Gasteiger partial charge is 0.243 e. The highest BCUT2D eigenvalue weighted by molar-refractivity contribution is 7.89. The van der Waals surface area contributed by atoms with Crippen LogP contribution in [-0.4, -0.2) is 61.1 Å². The van der Waals surface area contributed by atoms with E-state index in [1.807, 2.05) is 38.1 Å². The van der Waals surface area contributed by atoms with Crippen molar-refractivity contribution in [2.75, 3.05) is 26.2 Å². The first-order chi connectivity index (χ1) is 17.3. The van der Waals surface area contributed by atoms with Gasteiger partial charge in [-0.1, -0.05) is 48.5 Å². The lowest BCUT2D eigenvalue weighted by molar-refractivity contribution is -0.0553. The van der Waals surface area contributed by atoms with Gasteiger partial charge >= 0.3 is 0 Å². The minimum absolute atomic E-state index is 0.000323. The first-order valence-corrected chi connectivity index (χ1v) is 14.0. The maximum atomic E-state index is 13.6. The first-order valence-electron chi connectivity index (χ1n) is 12.6. The normalized spacial score (nSPS) is 23.4. The van der Waals surface area contributed by atoms with Crippen molar-refractivity contribution in [2.24, 2.45) is 0 Å². The Morgan fingerprint density at radius 3 is 2.36 bits per heavy atom. The summed E-state index contributed by atoms with van der Waals surface area (Å²) in [4.78, 5) is 2.65. The highest BCUT2D eigenvalue weighted by Gasteiger charge is 2.50. The quantitative estimate of drug-likeness (QED) is 0.542. The fourth-order valence-electron chi connectivity index (χ4n) is 5.95. The maximum Gasteiger partial charge on any atom is 0.243 e. The molecule has 2 aliphatic rings. The van der Waals surface area contributed by atoms with Crippen LogP contribution < -0.4 is 0 Å². The number of hydrogen-bond donors (Lipinski definition) is 1. The van der Waals surface area contributed by atoms with Crippen LogP contribution in [0.2, 0.25) is 0 Å². The van der Waals surface area contributed by atoms with Crippen molar-refractivity contribution in [1.29, 1.82) is 0 Å². The molecule has 3 atom stereocenters. The van der Waals surface area contributed by atoms with Crippen LogP contribution in [0, 0.1) is 19.7 Å². The Bertz CT molecular complexity index is 1340. The summed E-state index contributed by atoms with van der Waals surface area (Å²) >= 11 is 0. The Morgan fingerprint density at radius 2 is 1.67 bits per heavy atom. The lowest BCUT2D eigenvalue weighted by atomic mass is 9.74. The molecule has 2 aliphatic heterocycles. The summed E-state index contributed by atoms with van der Waals surface area (Å²) in [6.07, 6.45) is 1.69. The van der Waals surface area contributed by atoms with E-state index in [9.17, 15) is 17.9 Å². The predicted octanol–water partition coefficient (Wildman–Crippen LogP) is 4.72. The van der Waals surface area contributed by atoms with E-state index in [2.05, 4.69) is 17.0 Å². The van der Waals surface area contributed by atoms with Gasteiger partial charge in [-0.25, -0.2) is 12.8 Å². The van der Waals surface area contributed by atoms with Crippen LogP contribution in [0.3, 0.4) is 0 Å². The SMILES string of the molecule is Cc1cc(F)ccc1-c1ccc([C@@H]2C(CO)N3CCCCN(S(=O)(=O)c4ccccc4C)C[C@@H]23)cc1. The molecule has 36 heavy (non-hydrogen) atoms. The molecule has 2 saturated heterocycles. The molecule has 0 radical (unpaired) electrons. The molecule has 5 nitrogen and oxygen atoms in total. The monoisotopic (exact) mass is 508 g/mol. The molecule has 1 N–H and O–H groups in total. The summed E-state index contributed by atoms with van der Waals surface area (Å²) in [5, 5.41) is 10.2. The highest BCUT2D eigenvalue weighted by Crippen LogP contribution is 2.43. The van der Waals surface area contributed by atoms with E-state index in [0.717, 1.165) is 47.2 Å². The number of halogens is 1. The summed E-state index contributed by atoms with van der Waals surface area (Å²) in [6.45, 7) is 5.52. The molecule has 0 amide bonds. The highest BCUT2D eigenvalue weighted by atomic mass is 32.2. The first kappa shape index (κ1) is 25.1. The lowest BCUT2D eigenvalue weighted by Crippen LogP contribution is -2.67. The van der Waals surface area contributed by atoms with Crippen LogP contribution in [0.25, 0.3) is 11.1 Å². The molecule has 0 aromatic heterocycles. The number of hydrogen-bond acceptors (Lipinski definition) is 4. The second kappa shape index (κ2) is 10.1. The number of aryl methyl sites for hydroxylation is 2. The standard InChI is InChI=1S/C29H33FN2O3S/c1-20-7-3-4-8-28(20)36(34,35)31-15-5-6-16-32-26(18-31)29(27(32)19-33)23-11-9-22(10-12-23)25-14-13-24(30)17-21(25)2/h3-4,7-14,17,26-27,29,33H,5-6,15-16,18-19H2,1-2H3/t26-,27?,29-/m0/s1. The summed E-state index contributed by atoms with van der Waals surface area (Å²) in [5.74, 6) is -0.214. The number of nitrogens with zero attached hydrogens (tertiary/aromatic N) is 2. The fourth-order valence-corrected chi connectivity index (χ4v) is 7.67. The third kappa shape index (κ3) is 4.50. The molecule has 2 heterocycles. The fraction of sp³-hybridized carbons (Fsp3) is 0.379. The Labute approximate surface area is 213 Å². The van der Waals surface area contributed by atoms with Crippen LogP contribution in [0.4, 0.5) is 4.39 Å².